The molecule has 0 fully saturated rings. The smallest absolute Gasteiger partial charge is 0.327 e. The van der Waals surface area contributed by atoms with E-state index in [1.165, 1.54) is 0 Å². The van der Waals surface area contributed by atoms with Crippen molar-refractivity contribution in [3.63, 3.8) is 0 Å². The summed E-state index contributed by atoms with van der Waals surface area (Å²) in [5.41, 5.74) is 0. The summed E-state index contributed by atoms with van der Waals surface area (Å²) in [6.07, 6.45) is -0.459. The molecule has 0 amide bonds. The lowest BCUT2D eigenvalue weighted by Crippen LogP contribution is -2.22. The molecule has 0 saturated heterocycles. The van der Waals surface area contributed by atoms with E-state index < -0.39 is 0 Å². The molecule has 0 N–H and O–H groups in total. The van der Waals surface area contributed by atoms with Crippen LogP contribution in [0.4, 0.5) is 0 Å². The van der Waals surface area contributed by atoms with Crippen LogP contribution in [0.1, 0.15) is 27.7 Å². The molecule has 0 saturated carbocycles. The second-order valence-corrected chi connectivity index (χ2v) is 4.85. The molecule has 2 unspecified atom stereocenters. The second-order valence-electron chi connectivity index (χ2n) is 4.45. The van der Waals surface area contributed by atoms with Crippen LogP contribution < -0.4 is 0 Å². The Bertz CT molecular complexity index is 241. The zero-order valence-corrected chi connectivity index (χ0v) is 14.2. The first kappa shape index (κ1) is 20.9. The Balaban J connectivity index is 3.33. The van der Waals surface area contributed by atoms with Gasteiger partial charge < -0.3 is 23.7 Å². The fourth-order valence-corrected chi connectivity index (χ4v) is 1.46. The second kappa shape index (κ2) is 14.8. The van der Waals surface area contributed by atoms with E-state index >= 15 is 0 Å². The minimum Gasteiger partial charge on any atom is -0.376 e. The van der Waals surface area contributed by atoms with Crippen molar-refractivity contribution < 1.29 is 32.8 Å². The fourth-order valence-electron chi connectivity index (χ4n) is 1.31. The van der Waals surface area contributed by atoms with E-state index in [0.29, 0.717) is 33.0 Å². The maximum atomic E-state index is 10.0. The lowest BCUT2D eigenvalue weighted by atomic mass is 10.5. The Hall–Kier alpha value is -0.140. The highest BCUT2D eigenvalue weighted by Gasteiger charge is 2.05. The minimum absolute atomic E-state index is 0.207. The molecule has 2 atom stereocenters. The molecule has 0 aromatic rings. The van der Waals surface area contributed by atoms with E-state index in [9.17, 15) is 4.57 Å². The van der Waals surface area contributed by atoms with Crippen LogP contribution in [-0.4, -0.2) is 58.3 Å². The van der Waals surface area contributed by atoms with E-state index in [4.69, 9.17) is 23.7 Å². The molecule has 7 nitrogen and oxygen atoms in total. The molecule has 0 heterocycles. The molecule has 0 rings (SSSR count). The summed E-state index contributed by atoms with van der Waals surface area (Å²) in [7, 11) is -0.341. The van der Waals surface area contributed by atoms with Crippen LogP contribution in [0, 0.1) is 0 Å². The van der Waals surface area contributed by atoms with Gasteiger partial charge >= 0.3 is 8.69 Å². The highest BCUT2D eigenvalue weighted by molar-refractivity contribution is 7.17. The summed E-state index contributed by atoms with van der Waals surface area (Å²) in [5, 5.41) is 0. The third-order valence-electron chi connectivity index (χ3n) is 2.26. The quantitative estimate of drug-likeness (QED) is 0.260. The van der Waals surface area contributed by atoms with Crippen LogP contribution in [-0.2, 0) is 32.8 Å². The van der Waals surface area contributed by atoms with E-state index in [0.717, 1.165) is 0 Å². The van der Waals surface area contributed by atoms with E-state index in [2.05, 4.69) is 4.52 Å². The van der Waals surface area contributed by atoms with Gasteiger partial charge in [-0.2, -0.15) is 0 Å². The summed E-state index contributed by atoms with van der Waals surface area (Å²) in [5.74, 6) is 0. The van der Waals surface area contributed by atoms with Gasteiger partial charge in [0.05, 0.1) is 45.7 Å². The van der Waals surface area contributed by atoms with Crippen molar-refractivity contribution in [3.05, 3.63) is 0 Å². The number of ether oxygens (including phenoxy) is 5. The van der Waals surface area contributed by atoms with Gasteiger partial charge in [-0.15, -0.1) is 0 Å². The maximum Gasteiger partial charge on any atom is 0.327 e. The molecule has 0 bridgehead atoms. The first-order valence-corrected chi connectivity index (χ1v) is 7.82. The first-order valence-electron chi connectivity index (χ1n) is 7.09. The number of hydrogen-bond donors (Lipinski definition) is 0. The summed E-state index contributed by atoms with van der Waals surface area (Å²) in [4.78, 5) is 0. The normalized spacial score (nSPS) is 14.7. The molecule has 21 heavy (non-hydrogen) atoms. The third kappa shape index (κ3) is 16.1. The van der Waals surface area contributed by atoms with E-state index in [1.54, 1.807) is 6.92 Å². The molecule has 0 aromatic heterocycles. The van der Waals surface area contributed by atoms with Crippen molar-refractivity contribution in [2.24, 2.45) is 0 Å². The van der Waals surface area contributed by atoms with E-state index in [1.807, 2.05) is 20.8 Å². The Kier molecular flexibility index (Phi) is 14.7. The van der Waals surface area contributed by atoms with Crippen LogP contribution in [0.15, 0.2) is 0 Å². The average molecular weight is 326 g/mol. The van der Waals surface area contributed by atoms with Crippen molar-refractivity contribution in [1.29, 1.82) is 0 Å². The number of hydrogen-bond acceptors (Lipinski definition) is 7. The summed E-state index contributed by atoms with van der Waals surface area (Å²) in [6, 6.07) is 0. The minimum atomic E-state index is -0.365. The molecule has 0 aromatic carbocycles. The lowest BCUT2D eigenvalue weighted by Gasteiger charge is -2.17. The third-order valence-corrected chi connectivity index (χ3v) is 2.54. The molecule has 0 spiro atoms. The number of rotatable bonds is 15. The molecular weight excluding hydrogens is 299 g/mol. The van der Waals surface area contributed by atoms with Crippen LogP contribution in [0.25, 0.3) is 0 Å². The SMILES string of the molecule is CC(C)OCCOC(C)OCCOC(C)OCCOP=O. The molecule has 8 heteroatoms. The lowest BCUT2D eigenvalue weighted by molar-refractivity contribution is -0.176. The van der Waals surface area contributed by atoms with Crippen LogP contribution in [0.3, 0.4) is 0 Å². The predicted molar refractivity (Wildman–Crippen MR) is 77.4 cm³/mol. The van der Waals surface area contributed by atoms with Gasteiger partial charge in [0, 0.05) is 0 Å². The van der Waals surface area contributed by atoms with Gasteiger partial charge in [-0.1, -0.05) is 0 Å². The van der Waals surface area contributed by atoms with Gasteiger partial charge in [-0.25, -0.2) is 4.57 Å². The van der Waals surface area contributed by atoms with Gasteiger partial charge in [0.25, 0.3) is 0 Å². The largest absolute Gasteiger partial charge is 0.376 e. The monoisotopic (exact) mass is 326 g/mol. The Morgan fingerprint density at radius 2 is 1.05 bits per heavy atom. The van der Waals surface area contributed by atoms with Gasteiger partial charge in [-0.05, 0) is 27.7 Å². The van der Waals surface area contributed by atoms with Crippen molar-refractivity contribution >= 4 is 8.69 Å². The van der Waals surface area contributed by atoms with Crippen molar-refractivity contribution in [2.75, 3.05) is 39.6 Å². The molecular formula is C13H27O7P. The predicted octanol–water partition coefficient (Wildman–Crippen LogP) is 2.39. The van der Waals surface area contributed by atoms with E-state index in [-0.39, 0.29) is 34.0 Å². The molecule has 0 radical (unpaired) electrons. The molecule has 0 aliphatic rings. The van der Waals surface area contributed by atoms with Crippen molar-refractivity contribution in [1.82, 2.24) is 0 Å². The highest BCUT2D eigenvalue weighted by Crippen LogP contribution is 1.99. The van der Waals surface area contributed by atoms with Crippen LogP contribution in [0.5, 0.6) is 0 Å². The van der Waals surface area contributed by atoms with Crippen molar-refractivity contribution in [3.8, 4) is 0 Å². The molecule has 126 valence electrons. The zero-order valence-electron chi connectivity index (χ0n) is 13.3. The molecule has 0 aliphatic carbocycles. The Morgan fingerprint density at radius 3 is 1.43 bits per heavy atom. The van der Waals surface area contributed by atoms with Gasteiger partial charge in [0.15, 0.2) is 12.6 Å². The Labute approximate surface area is 128 Å². The van der Waals surface area contributed by atoms with Gasteiger partial charge in [-0.3, -0.25) is 4.52 Å². The highest BCUT2D eigenvalue weighted by atomic mass is 31.1. The van der Waals surface area contributed by atoms with Crippen LogP contribution >= 0.6 is 8.69 Å². The summed E-state index contributed by atoms with van der Waals surface area (Å²) >= 11 is 0. The standard InChI is InChI=1S/C13H27O7P/c1-11(2)15-5-6-16-12(3)17-7-8-18-13(4)19-9-10-20-21-14/h11-13H,5-10H2,1-4H3. The summed E-state index contributed by atoms with van der Waals surface area (Å²) < 4.78 is 41.4. The molecule has 0 aliphatic heterocycles. The zero-order chi connectivity index (χ0) is 15.9. The first-order chi connectivity index (χ1) is 10.1. The van der Waals surface area contributed by atoms with Gasteiger partial charge in [0.1, 0.15) is 0 Å². The summed E-state index contributed by atoms with van der Waals surface area (Å²) in [6.45, 7) is 10.0. The van der Waals surface area contributed by atoms with Crippen molar-refractivity contribution in [2.45, 2.75) is 46.4 Å². The van der Waals surface area contributed by atoms with Gasteiger partial charge in [0.2, 0.25) is 0 Å². The van der Waals surface area contributed by atoms with Crippen LogP contribution in [0.2, 0.25) is 0 Å². The topological polar surface area (TPSA) is 72.5 Å². The average Bonchev–Trinajstić information content (AvgIpc) is 2.44. The Morgan fingerprint density at radius 1 is 0.667 bits per heavy atom. The maximum absolute atomic E-state index is 10.0. The fraction of sp³-hybridized carbons (Fsp3) is 1.00.